The third kappa shape index (κ3) is 6.62. The second kappa shape index (κ2) is 14.0. The van der Waals surface area contributed by atoms with E-state index >= 15 is 0 Å². The van der Waals surface area contributed by atoms with E-state index in [1.54, 1.807) is 0 Å². The van der Waals surface area contributed by atoms with Gasteiger partial charge in [-0.1, -0.05) is 164 Å². The highest BCUT2D eigenvalue weighted by Crippen LogP contribution is 2.56. The summed E-state index contributed by atoms with van der Waals surface area (Å²) in [5.74, 6) is 0. The summed E-state index contributed by atoms with van der Waals surface area (Å²) in [5, 5.41) is 0. The Kier molecular flexibility index (Phi) is 9.33. The topological polar surface area (TPSA) is 6.48 Å². The zero-order valence-electron chi connectivity index (χ0n) is 43.8. The molecule has 6 aromatic carbocycles. The fourth-order valence-corrected chi connectivity index (χ4v) is 13.9. The van der Waals surface area contributed by atoms with Crippen LogP contribution in [0.3, 0.4) is 0 Å². The normalized spacial score (nSPS) is 20.6. The summed E-state index contributed by atoms with van der Waals surface area (Å²) in [5.41, 5.74) is 26.7. The molecule has 67 heavy (non-hydrogen) atoms. The van der Waals surface area contributed by atoms with E-state index in [4.69, 9.17) is 0 Å². The molecule has 0 spiro atoms. The van der Waals surface area contributed by atoms with Crippen molar-refractivity contribution < 1.29 is 0 Å². The van der Waals surface area contributed by atoms with Crippen LogP contribution in [0.4, 0.5) is 34.1 Å². The van der Waals surface area contributed by atoms with Crippen molar-refractivity contribution in [2.24, 2.45) is 0 Å². The maximum absolute atomic E-state index is 2.73. The molecule has 0 saturated heterocycles. The smallest absolute Gasteiger partial charge is 0.252 e. The molecule has 2 nitrogen and oxygen atoms in total. The van der Waals surface area contributed by atoms with Gasteiger partial charge in [-0.3, -0.25) is 0 Å². The highest BCUT2D eigenvalue weighted by atomic mass is 15.2. The van der Waals surface area contributed by atoms with E-state index in [-0.39, 0.29) is 44.6 Å². The van der Waals surface area contributed by atoms with Crippen molar-refractivity contribution in [3.05, 3.63) is 148 Å². The Bertz CT molecular complexity index is 3060. The van der Waals surface area contributed by atoms with Gasteiger partial charge in [0, 0.05) is 34.0 Å². The number of nitrogens with zero attached hydrogens (tertiary/aromatic N) is 2. The van der Waals surface area contributed by atoms with Crippen molar-refractivity contribution in [2.75, 3.05) is 9.80 Å². The van der Waals surface area contributed by atoms with Crippen LogP contribution < -0.4 is 26.2 Å². The van der Waals surface area contributed by atoms with Gasteiger partial charge in [-0.15, -0.1) is 0 Å². The number of aryl methyl sites for hydroxylation is 1. The first-order chi connectivity index (χ1) is 31.2. The van der Waals surface area contributed by atoms with Crippen LogP contribution in [0, 0.1) is 6.92 Å². The molecule has 6 aromatic rings. The molecule has 0 fully saturated rings. The van der Waals surface area contributed by atoms with Gasteiger partial charge in [-0.05, 0) is 186 Å². The summed E-state index contributed by atoms with van der Waals surface area (Å²) in [6.07, 6.45) is 5.87. The maximum atomic E-state index is 2.73. The van der Waals surface area contributed by atoms with Crippen LogP contribution in [0.25, 0.3) is 11.1 Å². The lowest BCUT2D eigenvalue weighted by molar-refractivity contribution is 0.332. The number of hydrogen-bond donors (Lipinski definition) is 0. The molecule has 0 atom stereocenters. The number of rotatable bonds is 3. The van der Waals surface area contributed by atoms with Crippen molar-refractivity contribution >= 4 is 57.2 Å². The Hall–Kier alpha value is -5.02. The fraction of sp³-hybridized carbons (Fsp3) is 0.438. The van der Waals surface area contributed by atoms with E-state index in [1.165, 1.54) is 132 Å². The summed E-state index contributed by atoms with van der Waals surface area (Å²) < 4.78 is 0. The van der Waals surface area contributed by atoms with Gasteiger partial charge in [0.2, 0.25) is 0 Å². The SMILES string of the molecule is Cc1ccc2c(c1)B1c3cc4c(cc3N(c3ccc5c(c3)C(C)(C)CCC5(C)C)c3cc(C(C)(C)C)cc(c31)N2c1cc2c(cc1-c1ccccc1)C(C)(C)CCC2(C)C)C(C)(C)CC4(C)C. The molecule has 3 aliphatic carbocycles. The van der Waals surface area contributed by atoms with Crippen molar-refractivity contribution in [3.8, 4) is 11.1 Å². The molecule has 0 N–H and O–H groups in total. The molecule has 5 aliphatic rings. The first kappa shape index (κ1) is 44.5. The number of hydrogen-bond acceptors (Lipinski definition) is 2. The molecule has 3 heteroatoms. The van der Waals surface area contributed by atoms with E-state index in [0.717, 1.165) is 6.42 Å². The molecule has 0 amide bonds. The molecular formula is C64H75BN2. The minimum absolute atomic E-state index is 0.0431. The quantitative estimate of drug-likeness (QED) is 0.163. The van der Waals surface area contributed by atoms with Gasteiger partial charge >= 0.3 is 0 Å². The molecule has 2 heterocycles. The average Bonchev–Trinajstić information content (AvgIpc) is 3.44. The lowest BCUT2D eigenvalue weighted by atomic mass is 9.33. The van der Waals surface area contributed by atoms with Crippen LogP contribution in [0.15, 0.2) is 103 Å². The van der Waals surface area contributed by atoms with Gasteiger partial charge in [0.1, 0.15) is 0 Å². The minimum atomic E-state index is -0.109. The Balaban J connectivity index is 1.29. The van der Waals surface area contributed by atoms with Crippen LogP contribution in [-0.2, 0) is 37.9 Å². The van der Waals surface area contributed by atoms with E-state index in [2.05, 4.69) is 224 Å². The molecule has 0 aromatic heterocycles. The van der Waals surface area contributed by atoms with Crippen LogP contribution in [0.5, 0.6) is 0 Å². The van der Waals surface area contributed by atoms with Gasteiger partial charge < -0.3 is 9.80 Å². The zero-order valence-corrected chi connectivity index (χ0v) is 43.8. The highest BCUT2D eigenvalue weighted by molar-refractivity contribution is 7.00. The standard InChI is InChI=1S/C64H75BN2/c1-39-22-25-52-50(30-39)65-51-35-47-49(64(15,16)38-63(47,13)14)37-54(51)66(42-23-24-44-45(33-42)60(7,8)27-26-59(44,5)6)55-31-41(58(2,3)4)32-56(57(55)65)67(52)53-36-48-46(61(9,10)28-29-62(48,11)12)34-43(53)40-20-18-17-19-21-40/h17-25,30-37H,26-29,38H2,1-16H3. The minimum Gasteiger partial charge on any atom is -0.311 e. The molecule has 344 valence electrons. The van der Waals surface area contributed by atoms with E-state index in [0.29, 0.717) is 0 Å². The Morgan fingerprint density at radius 2 is 0.940 bits per heavy atom. The van der Waals surface area contributed by atoms with Crippen molar-refractivity contribution in [1.82, 2.24) is 0 Å². The van der Waals surface area contributed by atoms with Crippen LogP contribution >= 0.6 is 0 Å². The van der Waals surface area contributed by atoms with Gasteiger partial charge in [0.15, 0.2) is 0 Å². The Morgan fingerprint density at radius 1 is 0.433 bits per heavy atom. The van der Waals surface area contributed by atoms with Crippen LogP contribution in [-0.4, -0.2) is 6.71 Å². The average molecular weight is 883 g/mol. The summed E-state index contributed by atoms with van der Waals surface area (Å²) in [6, 6.07) is 42.0. The maximum Gasteiger partial charge on any atom is 0.252 e. The Morgan fingerprint density at radius 3 is 1.55 bits per heavy atom. The molecule has 0 radical (unpaired) electrons. The van der Waals surface area contributed by atoms with Gasteiger partial charge in [0.25, 0.3) is 6.71 Å². The third-order valence-electron chi connectivity index (χ3n) is 18.0. The second-order valence-corrected chi connectivity index (χ2v) is 26.8. The largest absolute Gasteiger partial charge is 0.311 e. The number of fused-ring (bicyclic) bond motifs is 7. The highest BCUT2D eigenvalue weighted by Gasteiger charge is 2.50. The summed E-state index contributed by atoms with van der Waals surface area (Å²) in [4.78, 5) is 5.46. The van der Waals surface area contributed by atoms with E-state index in [9.17, 15) is 0 Å². The summed E-state index contributed by atoms with van der Waals surface area (Å²) in [6.45, 7) is 39.3. The summed E-state index contributed by atoms with van der Waals surface area (Å²) in [7, 11) is 0. The second-order valence-electron chi connectivity index (χ2n) is 26.8. The predicted octanol–water partition coefficient (Wildman–Crippen LogP) is 15.7. The van der Waals surface area contributed by atoms with Crippen molar-refractivity contribution in [3.63, 3.8) is 0 Å². The Labute approximate surface area is 404 Å². The molecule has 11 rings (SSSR count). The molecular weight excluding hydrogens is 808 g/mol. The third-order valence-corrected chi connectivity index (χ3v) is 18.0. The lowest BCUT2D eigenvalue weighted by Crippen LogP contribution is -2.61. The lowest BCUT2D eigenvalue weighted by Gasteiger charge is -2.47. The molecule has 2 aliphatic heterocycles. The van der Waals surface area contributed by atoms with Crippen LogP contribution in [0.2, 0.25) is 0 Å². The molecule has 0 unspecified atom stereocenters. The first-order valence-electron chi connectivity index (χ1n) is 25.7. The van der Waals surface area contributed by atoms with Gasteiger partial charge in [0.05, 0.1) is 5.69 Å². The van der Waals surface area contributed by atoms with Gasteiger partial charge in [-0.25, -0.2) is 0 Å². The van der Waals surface area contributed by atoms with E-state index in [1.807, 2.05) is 0 Å². The molecule has 0 bridgehead atoms. The van der Waals surface area contributed by atoms with E-state index < -0.39 is 0 Å². The van der Waals surface area contributed by atoms with Crippen LogP contribution in [0.1, 0.15) is 180 Å². The first-order valence-corrected chi connectivity index (χ1v) is 25.7. The van der Waals surface area contributed by atoms with Crippen molar-refractivity contribution in [1.29, 1.82) is 0 Å². The number of benzene rings is 6. The zero-order chi connectivity index (χ0) is 47.8. The molecule has 0 saturated carbocycles. The fourth-order valence-electron chi connectivity index (χ4n) is 13.9. The monoisotopic (exact) mass is 883 g/mol. The van der Waals surface area contributed by atoms with Gasteiger partial charge in [-0.2, -0.15) is 0 Å². The number of anilines is 6. The summed E-state index contributed by atoms with van der Waals surface area (Å²) >= 11 is 0. The van der Waals surface area contributed by atoms with Crippen molar-refractivity contribution in [2.45, 2.75) is 181 Å². The predicted molar refractivity (Wildman–Crippen MR) is 291 cm³/mol.